The molecule has 1 atom stereocenters. The Morgan fingerprint density at radius 3 is 2.46 bits per heavy atom. The number of guanidine groups is 1. The van der Waals surface area contributed by atoms with Gasteiger partial charge in [-0.3, -0.25) is 9.89 Å². The Kier molecular flexibility index (Phi) is 11.2. The number of nitrogens with zero attached hydrogens (tertiary/aromatic N) is 2. The summed E-state index contributed by atoms with van der Waals surface area (Å²) < 4.78 is 24.3. The van der Waals surface area contributed by atoms with Gasteiger partial charge in [0.25, 0.3) is 0 Å². The van der Waals surface area contributed by atoms with Crippen LogP contribution in [0, 0.1) is 5.82 Å². The van der Waals surface area contributed by atoms with E-state index in [-0.39, 0.29) is 41.4 Å². The van der Waals surface area contributed by atoms with E-state index in [1.165, 1.54) is 12.1 Å². The molecule has 28 heavy (non-hydrogen) atoms. The lowest BCUT2D eigenvalue weighted by molar-refractivity contribution is 0.0169. The minimum absolute atomic E-state index is 0. The third-order valence-corrected chi connectivity index (χ3v) is 4.72. The molecule has 1 saturated heterocycles. The summed E-state index contributed by atoms with van der Waals surface area (Å²) >= 11 is 0. The van der Waals surface area contributed by atoms with Gasteiger partial charge in [0.2, 0.25) is 0 Å². The van der Waals surface area contributed by atoms with Gasteiger partial charge in [0, 0.05) is 33.3 Å². The molecule has 0 amide bonds. The monoisotopic (exact) mass is 508 g/mol. The van der Waals surface area contributed by atoms with Gasteiger partial charge in [-0.15, -0.1) is 24.0 Å². The second kappa shape index (κ2) is 12.6. The Balaban J connectivity index is 0.00000392. The van der Waals surface area contributed by atoms with Crippen LogP contribution in [0.5, 0.6) is 0 Å². The van der Waals surface area contributed by atoms with E-state index < -0.39 is 0 Å². The fraction of sp³-hybridized carbons (Fsp3) is 0.650. The predicted octanol–water partition coefficient (Wildman–Crippen LogP) is 2.80. The van der Waals surface area contributed by atoms with E-state index in [2.05, 4.69) is 20.5 Å². The molecule has 2 rings (SSSR count). The Morgan fingerprint density at radius 2 is 1.89 bits per heavy atom. The Bertz CT molecular complexity index is 592. The molecule has 1 unspecified atom stereocenters. The first kappa shape index (κ1) is 25.1. The van der Waals surface area contributed by atoms with Crippen molar-refractivity contribution in [1.82, 2.24) is 15.5 Å². The van der Waals surface area contributed by atoms with Crippen LogP contribution < -0.4 is 10.6 Å². The Morgan fingerprint density at radius 1 is 1.25 bits per heavy atom. The molecule has 0 aliphatic carbocycles. The highest BCUT2D eigenvalue weighted by molar-refractivity contribution is 14.0. The molecule has 6 nitrogen and oxygen atoms in total. The minimum atomic E-state index is -0.317. The summed E-state index contributed by atoms with van der Waals surface area (Å²) in [7, 11) is 1.69. The van der Waals surface area contributed by atoms with Crippen molar-refractivity contribution in [2.24, 2.45) is 4.99 Å². The van der Waals surface area contributed by atoms with Crippen LogP contribution >= 0.6 is 24.0 Å². The van der Waals surface area contributed by atoms with Crippen molar-refractivity contribution in [3.8, 4) is 0 Å². The smallest absolute Gasteiger partial charge is 0.191 e. The Hall–Kier alpha value is -0.970. The number of benzene rings is 1. The molecule has 1 heterocycles. The van der Waals surface area contributed by atoms with Crippen molar-refractivity contribution in [3.05, 3.63) is 35.6 Å². The van der Waals surface area contributed by atoms with E-state index in [0.29, 0.717) is 26.3 Å². The number of ether oxygens (including phenoxy) is 2. The first-order valence-corrected chi connectivity index (χ1v) is 9.60. The summed E-state index contributed by atoms with van der Waals surface area (Å²) in [4.78, 5) is 7.01. The minimum Gasteiger partial charge on any atom is -0.379 e. The van der Waals surface area contributed by atoms with E-state index in [4.69, 9.17) is 9.47 Å². The molecule has 2 N–H and O–H groups in total. The van der Waals surface area contributed by atoms with Crippen molar-refractivity contribution in [1.29, 1.82) is 0 Å². The van der Waals surface area contributed by atoms with Gasteiger partial charge in [-0.25, -0.2) is 4.39 Å². The van der Waals surface area contributed by atoms with E-state index in [0.717, 1.165) is 31.2 Å². The van der Waals surface area contributed by atoms with Crippen LogP contribution in [0.1, 0.15) is 32.4 Å². The molecule has 0 radical (unpaired) electrons. The van der Waals surface area contributed by atoms with Crippen LogP contribution in [0.3, 0.4) is 0 Å². The second-order valence-electron chi connectivity index (χ2n) is 7.26. The van der Waals surface area contributed by atoms with E-state index in [1.54, 1.807) is 7.11 Å². The van der Waals surface area contributed by atoms with Crippen molar-refractivity contribution in [2.75, 3.05) is 53.0 Å². The molecule has 1 aromatic carbocycles. The van der Waals surface area contributed by atoms with Gasteiger partial charge in [-0.1, -0.05) is 12.1 Å². The lowest BCUT2D eigenvalue weighted by Gasteiger charge is -2.35. The standard InChI is InChI=1S/C20H33FN4O2.HI/c1-5-22-19(24-15-20(2,3)26-4)23-14-18(25-10-12-27-13-11-25)16-6-8-17(21)9-7-16;/h6-9,18H,5,10-15H2,1-4H3,(H2,22,23,24);1H. The lowest BCUT2D eigenvalue weighted by atomic mass is 10.0. The molecule has 0 aromatic heterocycles. The number of aliphatic imine (C=N–C) groups is 1. The first-order chi connectivity index (χ1) is 12.9. The van der Waals surface area contributed by atoms with Crippen LogP contribution in [0.4, 0.5) is 4.39 Å². The first-order valence-electron chi connectivity index (χ1n) is 9.60. The highest BCUT2D eigenvalue weighted by atomic mass is 127. The van der Waals surface area contributed by atoms with Crippen LogP contribution in [0.2, 0.25) is 0 Å². The predicted molar refractivity (Wildman–Crippen MR) is 122 cm³/mol. The fourth-order valence-electron chi connectivity index (χ4n) is 2.90. The molecule has 1 fully saturated rings. The van der Waals surface area contributed by atoms with Gasteiger partial charge in [0.1, 0.15) is 5.82 Å². The number of morpholine rings is 1. The summed E-state index contributed by atoms with van der Waals surface area (Å²) in [5.41, 5.74) is 0.766. The zero-order valence-electron chi connectivity index (χ0n) is 17.3. The van der Waals surface area contributed by atoms with Crippen LogP contribution in [-0.2, 0) is 9.47 Å². The SMILES string of the molecule is CCNC(=NCC(C)(C)OC)NCC(c1ccc(F)cc1)N1CCOCC1.I. The van der Waals surface area contributed by atoms with Crippen molar-refractivity contribution < 1.29 is 13.9 Å². The van der Waals surface area contributed by atoms with Gasteiger partial charge < -0.3 is 20.1 Å². The Labute approximate surface area is 185 Å². The van der Waals surface area contributed by atoms with Crippen molar-refractivity contribution in [2.45, 2.75) is 32.4 Å². The van der Waals surface area contributed by atoms with Crippen LogP contribution in [0.15, 0.2) is 29.3 Å². The molecule has 8 heteroatoms. The van der Waals surface area contributed by atoms with Crippen molar-refractivity contribution in [3.63, 3.8) is 0 Å². The number of nitrogens with one attached hydrogen (secondary N) is 2. The number of hydrogen-bond donors (Lipinski definition) is 2. The molecular weight excluding hydrogens is 474 g/mol. The molecule has 1 aliphatic heterocycles. The zero-order chi connectivity index (χ0) is 19.7. The van der Waals surface area contributed by atoms with Crippen LogP contribution in [-0.4, -0.2) is 69.5 Å². The summed E-state index contributed by atoms with van der Waals surface area (Å²) in [5.74, 6) is 0.534. The summed E-state index contributed by atoms with van der Waals surface area (Å²) in [6.45, 7) is 11.2. The average molecular weight is 508 g/mol. The number of rotatable bonds is 8. The molecule has 1 aliphatic rings. The number of halogens is 2. The van der Waals surface area contributed by atoms with Gasteiger partial charge in [0.05, 0.1) is 31.4 Å². The lowest BCUT2D eigenvalue weighted by Crippen LogP contribution is -2.46. The molecular formula is C20H34FIN4O2. The van der Waals surface area contributed by atoms with E-state index in [9.17, 15) is 4.39 Å². The fourth-order valence-corrected chi connectivity index (χ4v) is 2.90. The van der Waals surface area contributed by atoms with Crippen LogP contribution in [0.25, 0.3) is 0 Å². The molecule has 0 bridgehead atoms. The molecule has 160 valence electrons. The zero-order valence-corrected chi connectivity index (χ0v) is 19.7. The van der Waals surface area contributed by atoms with Gasteiger partial charge in [0.15, 0.2) is 5.96 Å². The molecule has 0 saturated carbocycles. The van der Waals surface area contributed by atoms with Gasteiger partial charge in [-0.2, -0.15) is 0 Å². The highest BCUT2D eigenvalue weighted by Gasteiger charge is 2.23. The van der Waals surface area contributed by atoms with Gasteiger partial charge in [-0.05, 0) is 38.5 Å². The molecule has 1 aromatic rings. The highest BCUT2D eigenvalue weighted by Crippen LogP contribution is 2.21. The van der Waals surface area contributed by atoms with Crippen molar-refractivity contribution >= 4 is 29.9 Å². The van der Waals surface area contributed by atoms with E-state index in [1.807, 2.05) is 32.9 Å². The summed E-state index contributed by atoms with van der Waals surface area (Å²) in [5, 5.41) is 6.71. The third-order valence-electron chi connectivity index (χ3n) is 4.72. The second-order valence-corrected chi connectivity index (χ2v) is 7.26. The topological polar surface area (TPSA) is 58.1 Å². The summed E-state index contributed by atoms with van der Waals surface area (Å²) in [6.07, 6.45) is 0. The quantitative estimate of drug-likeness (QED) is 0.322. The third kappa shape index (κ3) is 8.18. The molecule has 0 spiro atoms. The summed E-state index contributed by atoms with van der Waals surface area (Å²) in [6, 6.07) is 6.87. The maximum absolute atomic E-state index is 13.4. The average Bonchev–Trinajstić information content (AvgIpc) is 2.68. The van der Waals surface area contributed by atoms with E-state index >= 15 is 0 Å². The largest absolute Gasteiger partial charge is 0.379 e. The number of methoxy groups -OCH3 is 1. The normalized spacial score (nSPS) is 17.0. The maximum Gasteiger partial charge on any atom is 0.191 e. The maximum atomic E-state index is 13.4. The number of hydrogen-bond acceptors (Lipinski definition) is 4. The van der Waals surface area contributed by atoms with Gasteiger partial charge >= 0.3 is 0 Å².